The maximum atomic E-state index is 11.8. The lowest BCUT2D eigenvalue weighted by molar-refractivity contribution is -0.115. The highest BCUT2D eigenvalue weighted by Gasteiger charge is 2.07. The molecule has 3 aromatic rings. The Hall–Kier alpha value is -1.92. The first kappa shape index (κ1) is 14.0. The molecule has 0 fully saturated rings. The minimum Gasteiger partial charge on any atom is -0.326 e. The SMILES string of the molecule is O=C(CCSc1nc2ncccc2s1)Nc1ccccc1. The van der Waals surface area contributed by atoms with Gasteiger partial charge in [-0.2, -0.15) is 0 Å². The molecule has 0 saturated heterocycles. The Labute approximate surface area is 130 Å². The molecule has 0 atom stereocenters. The van der Waals surface area contributed by atoms with Gasteiger partial charge in [0.2, 0.25) is 5.91 Å². The number of aromatic nitrogens is 2. The number of hydrogen-bond donors (Lipinski definition) is 1. The third-order valence-electron chi connectivity index (χ3n) is 2.76. The quantitative estimate of drug-likeness (QED) is 0.727. The van der Waals surface area contributed by atoms with Gasteiger partial charge in [0.1, 0.15) is 0 Å². The number of pyridine rings is 1. The number of amides is 1. The topological polar surface area (TPSA) is 54.9 Å². The van der Waals surface area contributed by atoms with Gasteiger partial charge < -0.3 is 5.32 Å². The average molecular weight is 315 g/mol. The van der Waals surface area contributed by atoms with Crippen molar-refractivity contribution in [3.63, 3.8) is 0 Å². The highest BCUT2D eigenvalue weighted by atomic mass is 32.2. The monoisotopic (exact) mass is 315 g/mol. The summed E-state index contributed by atoms with van der Waals surface area (Å²) in [5, 5.41) is 2.87. The first-order valence-corrected chi connectivity index (χ1v) is 8.31. The van der Waals surface area contributed by atoms with Gasteiger partial charge in [-0.15, -0.1) is 11.3 Å². The number of thioether (sulfide) groups is 1. The first-order chi connectivity index (χ1) is 10.3. The number of thiazole rings is 1. The van der Waals surface area contributed by atoms with Crippen LogP contribution in [0.25, 0.3) is 10.3 Å². The van der Waals surface area contributed by atoms with Crippen LogP contribution in [0.2, 0.25) is 0 Å². The van der Waals surface area contributed by atoms with Crippen LogP contribution in [0.1, 0.15) is 6.42 Å². The Bertz CT molecular complexity index is 710. The molecule has 0 radical (unpaired) electrons. The van der Waals surface area contributed by atoms with Crippen molar-refractivity contribution in [1.82, 2.24) is 9.97 Å². The number of fused-ring (bicyclic) bond motifs is 1. The van der Waals surface area contributed by atoms with Crippen LogP contribution in [0.3, 0.4) is 0 Å². The number of nitrogens with one attached hydrogen (secondary N) is 1. The van der Waals surface area contributed by atoms with Crippen LogP contribution in [-0.2, 0) is 4.79 Å². The second-order valence-electron chi connectivity index (χ2n) is 4.32. The fourth-order valence-electron chi connectivity index (χ4n) is 1.79. The molecule has 0 bridgehead atoms. The maximum absolute atomic E-state index is 11.8. The Morgan fingerprint density at radius 1 is 1.19 bits per heavy atom. The molecule has 0 aliphatic rings. The van der Waals surface area contributed by atoms with E-state index in [1.54, 1.807) is 29.3 Å². The lowest BCUT2D eigenvalue weighted by Crippen LogP contribution is -2.11. The number of hydrogen-bond acceptors (Lipinski definition) is 5. The fourth-order valence-corrected chi connectivity index (χ4v) is 3.81. The van der Waals surface area contributed by atoms with E-state index in [-0.39, 0.29) is 5.91 Å². The van der Waals surface area contributed by atoms with Crippen LogP contribution >= 0.6 is 23.1 Å². The third kappa shape index (κ3) is 3.80. The second kappa shape index (κ2) is 6.69. The number of benzene rings is 1. The van der Waals surface area contributed by atoms with Crippen molar-refractivity contribution in [2.24, 2.45) is 0 Å². The summed E-state index contributed by atoms with van der Waals surface area (Å²) in [5.41, 5.74) is 1.61. The molecule has 21 heavy (non-hydrogen) atoms. The highest BCUT2D eigenvalue weighted by Crippen LogP contribution is 2.28. The van der Waals surface area contributed by atoms with Crippen LogP contribution in [0.15, 0.2) is 53.0 Å². The zero-order chi connectivity index (χ0) is 14.5. The number of carbonyl (C=O) groups is 1. The summed E-state index contributed by atoms with van der Waals surface area (Å²) in [4.78, 5) is 20.5. The molecular formula is C15H13N3OS2. The van der Waals surface area contributed by atoms with Crippen molar-refractivity contribution >= 4 is 45.0 Å². The van der Waals surface area contributed by atoms with E-state index in [0.717, 1.165) is 20.4 Å². The molecule has 3 rings (SSSR count). The van der Waals surface area contributed by atoms with E-state index < -0.39 is 0 Å². The van der Waals surface area contributed by atoms with Crippen molar-refractivity contribution < 1.29 is 4.79 Å². The molecule has 1 aromatic carbocycles. The molecule has 0 aliphatic carbocycles. The number of anilines is 1. The zero-order valence-electron chi connectivity index (χ0n) is 11.2. The van der Waals surface area contributed by atoms with Crippen molar-refractivity contribution in [3.8, 4) is 0 Å². The van der Waals surface area contributed by atoms with E-state index in [1.165, 1.54) is 0 Å². The maximum Gasteiger partial charge on any atom is 0.225 e. The van der Waals surface area contributed by atoms with E-state index >= 15 is 0 Å². The van der Waals surface area contributed by atoms with Gasteiger partial charge in [0.25, 0.3) is 0 Å². The third-order valence-corrected chi connectivity index (χ3v) is 4.91. The number of carbonyl (C=O) groups excluding carboxylic acids is 1. The molecule has 0 unspecified atom stereocenters. The van der Waals surface area contributed by atoms with E-state index in [0.29, 0.717) is 12.2 Å². The Balaban J connectivity index is 1.50. The van der Waals surface area contributed by atoms with Crippen LogP contribution in [0.4, 0.5) is 5.69 Å². The van der Waals surface area contributed by atoms with Gasteiger partial charge in [-0.05, 0) is 24.3 Å². The molecule has 106 valence electrons. The van der Waals surface area contributed by atoms with Crippen molar-refractivity contribution in [2.45, 2.75) is 10.8 Å². The Kier molecular flexibility index (Phi) is 4.47. The lowest BCUT2D eigenvalue weighted by atomic mass is 10.3. The van der Waals surface area contributed by atoms with Gasteiger partial charge in [0.05, 0.1) is 4.70 Å². The highest BCUT2D eigenvalue weighted by molar-refractivity contribution is 8.01. The van der Waals surface area contributed by atoms with Gasteiger partial charge in [0, 0.05) is 24.1 Å². The molecule has 4 nitrogen and oxygen atoms in total. The normalized spacial score (nSPS) is 10.7. The first-order valence-electron chi connectivity index (χ1n) is 6.50. The summed E-state index contributed by atoms with van der Waals surface area (Å²) >= 11 is 3.20. The summed E-state index contributed by atoms with van der Waals surface area (Å²) < 4.78 is 2.03. The molecule has 0 aliphatic heterocycles. The molecule has 0 saturated carbocycles. The van der Waals surface area contributed by atoms with Gasteiger partial charge in [-0.3, -0.25) is 4.79 Å². The van der Waals surface area contributed by atoms with Gasteiger partial charge in [-0.25, -0.2) is 9.97 Å². The second-order valence-corrected chi connectivity index (χ2v) is 6.69. The molecule has 1 N–H and O–H groups in total. The standard InChI is InChI=1S/C15H13N3OS2/c19-13(17-11-5-2-1-3-6-11)8-10-20-15-18-14-12(21-15)7-4-9-16-14/h1-7,9H,8,10H2,(H,17,19). The zero-order valence-corrected chi connectivity index (χ0v) is 12.8. The van der Waals surface area contributed by atoms with E-state index in [4.69, 9.17) is 0 Å². The molecular weight excluding hydrogens is 302 g/mol. The molecule has 0 spiro atoms. The summed E-state index contributed by atoms with van der Waals surface area (Å²) in [7, 11) is 0. The summed E-state index contributed by atoms with van der Waals surface area (Å²) in [6, 6.07) is 13.4. The van der Waals surface area contributed by atoms with E-state index in [2.05, 4.69) is 15.3 Å². The van der Waals surface area contributed by atoms with E-state index in [9.17, 15) is 4.79 Å². The van der Waals surface area contributed by atoms with Crippen LogP contribution in [0.5, 0.6) is 0 Å². The fraction of sp³-hybridized carbons (Fsp3) is 0.133. The Morgan fingerprint density at radius 2 is 2.05 bits per heavy atom. The minimum atomic E-state index is 0.0212. The predicted molar refractivity (Wildman–Crippen MR) is 87.8 cm³/mol. The van der Waals surface area contributed by atoms with Crippen LogP contribution in [0, 0.1) is 0 Å². The molecule has 2 heterocycles. The van der Waals surface area contributed by atoms with Gasteiger partial charge in [-0.1, -0.05) is 30.0 Å². The minimum absolute atomic E-state index is 0.0212. The smallest absolute Gasteiger partial charge is 0.225 e. The molecule has 2 aromatic heterocycles. The van der Waals surface area contributed by atoms with Crippen molar-refractivity contribution in [2.75, 3.05) is 11.1 Å². The van der Waals surface area contributed by atoms with E-state index in [1.807, 2.05) is 42.5 Å². The summed E-state index contributed by atoms with van der Waals surface area (Å²) in [6.07, 6.45) is 2.20. The predicted octanol–water partition coefficient (Wildman–Crippen LogP) is 3.81. The summed E-state index contributed by atoms with van der Waals surface area (Å²) in [5.74, 6) is 0.728. The van der Waals surface area contributed by atoms with Crippen LogP contribution in [-0.4, -0.2) is 21.6 Å². The molecule has 6 heteroatoms. The van der Waals surface area contributed by atoms with Crippen LogP contribution < -0.4 is 5.32 Å². The van der Waals surface area contributed by atoms with Gasteiger partial charge in [0.15, 0.2) is 9.99 Å². The Morgan fingerprint density at radius 3 is 2.86 bits per heavy atom. The average Bonchev–Trinajstić information content (AvgIpc) is 2.91. The van der Waals surface area contributed by atoms with Gasteiger partial charge >= 0.3 is 0 Å². The lowest BCUT2D eigenvalue weighted by Gasteiger charge is -2.03. The number of rotatable bonds is 5. The number of para-hydroxylation sites is 1. The summed E-state index contributed by atoms with van der Waals surface area (Å²) in [6.45, 7) is 0. The largest absolute Gasteiger partial charge is 0.326 e. The van der Waals surface area contributed by atoms with Crippen molar-refractivity contribution in [3.05, 3.63) is 48.7 Å². The number of nitrogens with zero attached hydrogens (tertiary/aromatic N) is 2. The molecule has 1 amide bonds. The van der Waals surface area contributed by atoms with Crippen molar-refractivity contribution in [1.29, 1.82) is 0 Å².